The Kier molecular flexibility index (Phi) is 6.64. The maximum absolute atomic E-state index is 13.7. The molecule has 1 atom stereocenters. The molecule has 0 unspecified atom stereocenters. The Morgan fingerprint density at radius 2 is 1.85 bits per heavy atom. The van der Waals surface area contributed by atoms with Crippen molar-refractivity contribution in [2.45, 2.75) is 26.1 Å². The summed E-state index contributed by atoms with van der Waals surface area (Å²) in [5.41, 5.74) is 3.79. The van der Waals surface area contributed by atoms with E-state index in [-0.39, 0.29) is 31.7 Å². The summed E-state index contributed by atoms with van der Waals surface area (Å²) in [5, 5.41) is 13.9. The molecular formula is C28H24N6O4S. The van der Waals surface area contributed by atoms with Crippen LogP contribution < -0.4 is 14.8 Å². The van der Waals surface area contributed by atoms with Gasteiger partial charge in [-0.05, 0) is 31.2 Å². The monoisotopic (exact) mass is 540 g/mol. The molecule has 39 heavy (non-hydrogen) atoms. The Labute approximate surface area is 227 Å². The van der Waals surface area contributed by atoms with Crippen molar-refractivity contribution >= 4 is 39.9 Å². The van der Waals surface area contributed by atoms with Gasteiger partial charge in [0.15, 0.2) is 11.5 Å². The van der Waals surface area contributed by atoms with Crippen LogP contribution in [0.1, 0.15) is 11.9 Å². The largest absolute Gasteiger partial charge is 0.454 e. The molecule has 1 N–H and O–H groups in total. The summed E-state index contributed by atoms with van der Waals surface area (Å²) >= 11 is 1.45. The van der Waals surface area contributed by atoms with Crippen LogP contribution in [0.5, 0.6) is 11.5 Å². The number of hydrogen-bond acceptors (Lipinski definition) is 8. The van der Waals surface area contributed by atoms with E-state index in [9.17, 15) is 9.59 Å². The third-order valence-electron chi connectivity index (χ3n) is 6.44. The minimum Gasteiger partial charge on any atom is -0.454 e. The first-order valence-corrected chi connectivity index (χ1v) is 13.2. The highest BCUT2D eigenvalue weighted by atomic mass is 32.1. The topological polar surface area (TPSA) is 111 Å². The summed E-state index contributed by atoms with van der Waals surface area (Å²) in [4.78, 5) is 33.3. The molecule has 3 aromatic carbocycles. The van der Waals surface area contributed by atoms with Gasteiger partial charge in [0.1, 0.15) is 23.1 Å². The molecule has 11 heteroatoms. The summed E-state index contributed by atoms with van der Waals surface area (Å²) in [6, 6.07) is 21.6. The Balaban J connectivity index is 1.25. The molecule has 0 saturated carbocycles. The number of carbonyl (C=O) groups excluding carboxylic acids is 2. The number of aromatic nitrogens is 4. The summed E-state index contributed by atoms with van der Waals surface area (Å²) in [7, 11) is 0. The molecule has 3 heterocycles. The SMILES string of the molecule is C[C@@H](C(=O)Nc1ccc2c(c1)OCO2)N(Cc1nc(-c2ccccc2)cs1)C(=O)Cn1nnc2ccccc21. The first-order chi connectivity index (χ1) is 19.0. The van der Waals surface area contributed by atoms with Crippen LogP contribution in [0, 0.1) is 0 Å². The molecule has 196 valence electrons. The van der Waals surface area contributed by atoms with Crippen LogP contribution in [0.3, 0.4) is 0 Å². The second-order valence-corrected chi connectivity index (χ2v) is 9.93. The van der Waals surface area contributed by atoms with Gasteiger partial charge in [0.2, 0.25) is 18.6 Å². The highest BCUT2D eigenvalue weighted by Gasteiger charge is 2.28. The molecule has 0 radical (unpaired) electrons. The normalized spacial score (nSPS) is 12.8. The molecule has 2 aromatic heterocycles. The Bertz CT molecular complexity index is 1650. The summed E-state index contributed by atoms with van der Waals surface area (Å²) in [6.07, 6.45) is 0. The summed E-state index contributed by atoms with van der Waals surface area (Å²) < 4.78 is 12.3. The first-order valence-electron chi connectivity index (χ1n) is 12.3. The zero-order chi connectivity index (χ0) is 26.8. The number of fused-ring (bicyclic) bond motifs is 2. The molecule has 6 rings (SSSR count). The van der Waals surface area contributed by atoms with Crippen LogP contribution >= 0.6 is 11.3 Å². The predicted octanol–water partition coefficient (Wildman–Crippen LogP) is 4.34. The van der Waals surface area contributed by atoms with Crippen molar-refractivity contribution in [1.29, 1.82) is 0 Å². The van der Waals surface area contributed by atoms with E-state index in [2.05, 4.69) is 15.6 Å². The lowest BCUT2D eigenvalue weighted by Gasteiger charge is -2.28. The molecule has 10 nitrogen and oxygen atoms in total. The number of amides is 2. The van der Waals surface area contributed by atoms with Crippen molar-refractivity contribution in [3.05, 3.63) is 83.2 Å². The molecule has 0 spiro atoms. The zero-order valence-corrected chi connectivity index (χ0v) is 21.8. The molecule has 2 amide bonds. The fourth-order valence-corrected chi connectivity index (χ4v) is 5.13. The second-order valence-electron chi connectivity index (χ2n) is 8.98. The lowest BCUT2D eigenvalue weighted by Crippen LogP contribution is -2.46. The van der Waals surface area contributed by atoms with Crippen molar-refractivity contribution in [1.82, 2.24) is 24.9 Å². The molecule has 0 bridgehead atoms. The molecule has 1 aliphatic heterocycles. The van der Waals surface area contributed by atoms with Crippen LogP contribution in [0.4, 0.5) is 5.69 Å². The van der Waals surface area contributed by atoms with Crippen molar-refractivity contribution in [2.24, 2.45) is 0 Å². The fourth-order valence-electron chi connectivity index (χ4n) is 4.33. The highest BCUT2D eigenvalue weighted by molar-refractivity contribution is 7.09. The van der Waals surface area contributed by atoms with Crippen LogP contribution in [-0.4, -0.2) is 49.5 Å². The van der Waals surface area contributed by atoms with Crippen LogP contribution in [0.25, 0.3) is 22.3 Å². The lowest BCUT2D eigenvalue weighted by molar-refractivity contribution is -0.139. The number of benzene rings is 3. The van der Waals surface area contributed by atoms with Crippen molar-refractivity contribution < 1.29 is 19.1 Å². The van der Waals surface area contributed by atoms with Crippen LogP contribution in [-0.2, 0) is 22.7 Å². The van der Waals surface area contributed by atoms with E-state index in [0.29, 0.717) is 27.7 Å². The van der Waals surface area contributed by atoms with Crippen molar-refractivity contribution in [3.63, 3.8) is 0 Å². The van der Waals surface area contributed by atoms with Gasteiger partial charge >= 0.3 is 0 Å². The summed E-state index contributed by atoms with van der Waals surface area (Å²) in [6.45, 7) is 1.93. The molecule has 0 saturated heterocycles. The van der Waals surface area contributed by atoms with E-state index in [1.54, 1.807) is 29.8 Å². The standard InChI is InChI=1S/C28H24N6O4S/c1-18(28(36)29-20-11-12-24-25(13-20)38-17-37-24)33(14-26-30-22(16-39-26)19-7-3-2-4-8-19)27(35)15-34-23-10-6-5-9-21(23)31-32-34/h2-13,16,18H,14-15,17H2,1H3,(H,29,36)/t18-/m0/s1. The van der Waals surface area contributed by atoms with Gasteiger partial charge in [-0.3, -0.25) is 9.59 Å². The average molecular weight is 541 g/mol. The Hall–Kier alpha value is -4.77. The molecule has 1 aliphatic rings. The number of ether oxygens (including phenoxy) is 2. The Morgan fingerprint density at radius 1 is 1.05 bits per heavy atom. The molecule has 5 aromatic rings. The quantitative estimate of drug-likeness (QED) is 0.312. The van der Waals surface area contributed by atoms with E-state index in [1.165, 1.54) is 16.2 Å². The number of nitrogens with one attached hydrogen (secondary N) is 1. The number of hydrogen-bond donors (Lipinski definition) is 1. The van der Waals surface area contributed by atoms with E-state index < -0.39 is 6.04 Å². The number of anilines is 1. The van der Waals surface area contributed by atoms with Gasteiger partial charge in [0.05, 0.1) is 17.8 Å². The highest BCUT2D eigenvalue weighted by Crippen LogP contribution is 2.34. The number of carbonyl (C=O) groups is 2. The number of thiazole rings is 1. The number of para-hydroxylation sites is 1. The smallest absolute Gasteiger partial charge is 0.246 e. The van der Waals surface area contributed by atoms with Gasteiger partial charge in [0.25, 0.3) is 0 Å². The van der Waals surface area contributed by atoms with Gasteiger partial charge < -0.3 is 19.7 Å². The fraction of sp³-hybridized carbons (Fsp3) is 0.179. The predicted molar refractivity (Wildman–Crippen MR) is 146 cm³/mol. The summed E-state index contributed by atoms with van der Waals surface area (Å²) in [5.74, 6) is 0.555. The van der Waals surface area contributed by atoms with E-state index in [4.69, 9.17) is 14.5 Å². The van der Waals surface area contributed by atoms with Crippen LogP contribution in [0.15, 0.2) is 78.2 Å². The van der Waals surface area contributed by atoms with E-state index in [1.807, 2.05) is 60.0 Å². The zero-order valence-electron chi connectivity index (χ0n) is 21.0. The minimum absolute atomic E-state index is 0.0704. The van der Waals surface area contributed by atoms with Gasteiger partial charge in [-0.15, -0.1) is 16.4 Å². The second kappa shape index (κ2) is 10.5. The maximum atomic E-state index is 13.7. The van der Waals surface area contributed by atoms with Crippen molar-refractivity contribution in [2.75, 3.05) is 12.1 Å². The average Bonchev–Trinajstić information content (AvgIpc) is 3.72. The van der Waals surface area contributed by atoms with Gasteiger partial charge in [0, 0.05) is 22.7 Å². The third kappa shape index (κ3) is 5.16. The van der Waals surface area contributed by atoms with Gasteiger partial charge in [-0.2, -0.15) is 0 Å². The van der Waals surface area contributed by atoms with Crippen molar-refractivity contribution in [3.8, 4) is 22.8 Å². The number of rotatable bonds is 8. The molecular weight excluding hydrogens is 516 g/mol. The third-order valence-corrected chi connectivity index (χ3v) is 7.27. The minimum atomic E-state index is -0.804. The van der Waals surface area contributed by atoms with Gasteiger partial charge in [-0.25, -0.2) is 9.67 Å². The lowest BCUT2D eigenvalue weighted by atomic mass is 10.2. The van der Waals surface area contributed by atoms with E-state index >= 15 is 0 Å². The molecule has 0 fully saturated rings. The maximum Gasteiger partial charge on any atom is 0.246 e. The van der Waals surface area contributed by atoms with Gasteiger partial charge in [-0.1, -0.05) is 47.7 Å². The first kappa shape index (κ1) is 24.6. The number of nitrogens with zero attached hydrogens (tertiary/aromatic N) is 5. The Morgan fingerprint density at radius 3 is 2.72 bits per heavy atom. The van der Waals surface area contributed by atoms with E-state index in [0.717, 1.165) is 16.8 Å². The molecule has 0 aliphatic carbocycles. The van der Waals surface area contributed by atoms with Crippen LogP contribution in [0.2, 0.25) is 0 Å².